The van der Waals surface area contributed by atoms with Gasteiger partial charge in [0.15, 0.2) is 0 Å². The van der Waals surface area contributed by atoms with Crippen LogP contribution in [0, 0.1) is 5.82 Å². The number of fused-ring (bicyclic) bond motifs is 1. The van der Waals surface area contributed by atoms with Crippen molar-refractivity contribution in [3.8, 4) is 17.2 Å². The smallest absolute Gasteiger partial charge is 0.341 e. The Labute approximate surface area is 211 Å². The molecular weight excluding hydrogens is 473 g/mol. The third kappa shape index (κ3) is 5.51. The van der Waals surface area contributed by atoms with Gasteiger partial charge in [-0.25, -0.2) is 9.18 Å². The molecule has 0 aliphatic heterocycles. The zero-order valence-electron chi connectivity index (χ0n) is 19.6. The number of hydrogen-bond donors (Lipinski definition) is 1. The number of para-hydroxylation sites is 1. The van der Waals surface area contributed by atoms with Gasteiger partial charge in [0.25, 0.3) is 0 Å². The van der Waals surface area contributed by atoms with Gasteiger partial charge in [0.1, 0.15) is 35.2 Å². The first-order valence-electron chi connectivity index (χ1n) is 11.6. The number of aromatic carboxylic acids is 1. The van der Waals surface area contributed by atoms with Crippen LogP contribution in [0.25, 0.3) is 10.9 Å². The van der Waals surface area contributed by atoms with E-state index in [4.69, 9.17) is 9.47 Å². The van der Waals surface area contributed by atoms with Gasteiger partial charge in [0.05, 0.1) is 10.9 Å². The quantitative estimate of drug-likeness (QED) is 0.275. The number of ether oxygens (including phenoxy) is 2. The molecule has 5 aromatic rings. The fourth-order valence-electron chi connectivity index (χ4n) is 3.98. The molecule has 0 bridgehead atoms. The monoisotopic (exact) mass is 495 g/mol. The van der Waals surface area contributed by atoms with Crippen molar-refractivity contribution in [2.75, 3.05) is 0 Å². The highest BCUT2D eigenvalue weighted by atomic mass is 19.1. The highest BCUT2D eigenvalue weighted by Crippen LogP contribution is 2.24. The first-order chi connectivity index (χ1) is 18.0. The molecule has 0 saturated heterocycles. The van der Waals surface area contributed by atoms with Crippen LogP contribution in [0.5, 0.6) is 17.2 Å². The predicted molar refractivity (Wildman–Crippen MR) is 138 cm³/mol. The number of pyridine rings is 1. The molecule has 6 nitrogen and oxygen atoms in total. The Hall–Kier alpha value is -4.91. The Morgan fingerprint density at radius 3 is 2.16 bits per heavy atom. The molecule has 7 heteroatoms. The topological polar surface area (TPSA) is 77.8 Å². The van der Waals surface area contributed by atoms with Crippen LogP contribution < -0.4 is 14.9 Å². The molecule has 1 N–H and O–H groups in total. The van der Waals surface area contributed by atoms with Gasteiger partial charge in [0.2, 0.25) is 5.43 Å². The average Bonchev–Trinajstić information content (AvgIpc) is 2.91. The van der Waals surface area contributed by atoms with Gasteiger partial charge in [-0.3, -0.25) is 4.79 Å². The minimum Gasteiger partial charge on any atom is -0.489 e. The molecule has 0 radical (unpaired) electrons. The molecule has 1 heterocycles. The molecule has 5 rings (SSSR count). The number of carboxylic acid groups (broad SMARTS) is 1. The maximum atomic E-state index is 13.3. The number of nitrogens with zero attached hydrogens (tertiary/aromatic N) is 1. The minimum absolute atomic E-state index is 0.228. The summed E-state index contributed by atoms with van der Waals surface area (Å²) in [6.45, 7) is 0.522. The normalized spacial score (nSPS) is 10.8. The van der Waals surface area contributed by atoms with Crippen LogP contribution in [0.1, 0.15) is 21.5 Å². The first-order valence-corrected chi connectivity index (χ1v) is 11.6. The van der Waals surface area contributed by atoms with E-state index in [0.29, 0.717) is 17.0 Å². The minimum atomic E-state index is -1.32. The molecule has 0 saturated carbocycles. The van der Waals surface area contributed by atoms with E-state index in [1.165, 1.54) is 18.3 Å². The van der Waals surface area contributed by atoms with Gasteiger partial charge in [-0.05, 0) is 65.7 Å². The molecule has 37 heavy (non-hydrogen) atoms. The van der Waals surface area contributed by atoms with Gasteiger partial charge >= 0.3 is 5.97 Å². The third-order valence-electron chi connectivity index (χ3n) is 5.86. The number of benzene rings is 4. The number of aromatic nitrogens is 1. The summed E-state index contributed by atoms with van der Waals surface area (Å²) in [6, 6.07) is 27.9. The van der Waals surface area contributed by atoms with Gasteiger partial charge in [-0.15, -0.1) is 0 Å². The molecular formula is C30H22FNO5. The molecule has 0 aliphatic carbocycles. The fourth-order valence-corrected chi connectivity index (χ4v) is 3.98. The van der Waals surface area contributed by atoms with Gasteiger partial charge in [-0.2, -0.15) is 0 Å². The largest absolute Gasteiger partial charge is 0.489 e. The standard InChI is InChI=1S/C30H22FNO5/c31-22-10-6-20(7-11-22)17-32-18-27(30(34)35)29(33)26-16-25(14-15-28(26)32)36-19-21-8-12-24(13-9-21)37-23-4-2-1-3-5-23/h1-16,18H,17,19H2,(H,34,35). The predicted octanol–water partition coefficient (Wildman–Crippen LogP) is 6.26. The summed E-state index contributed by atoms with van der Waals surface area (Å²) in [4.78, 5) is 24.7. The molecule has 0 unspecified atom stereocenters. The van der Waals surface area contributed by atoms with Crippen molar-refractivity contribution in [2.45, 2.75) is 13.2 Å². The second-order valence-corrected chi connectivity index (χ2v) is 8.46. The Morgan fingerprint density at radius 2 is 1.46 bits per heavy atom. The van der Waals surface area contributed by atoms with E-state index in [1.54, 1.807) is 34.9 Å². The second kappa shape index (κ2) is 10.4. The van der Waals surface area contributed by atoms with E-state index >= 15 is 0 Å². The third-order valence-corrected chi connectivity index (χ3v) is 5.86. The molecule has 0 amide bonds. The van der Waals surface area contributed by atoms with Crippen molar-refractivity contribution in [1.82, 2.24) is 4.57 Å². The van der Waals surface area contributed by atoms with Gasteiger partial charge in [-0.1, -0.05) is 42.5 Å². The molecule has 184 valence electrons. The highest BCUT2D eigenvalue weighted by Gasteiger charge is 2.16. The molecule has 0 spiro atoms. The van der Waals surface area contributed by atoms with Crippen molar-refractivity contribution in [3.63, 3.8) is 0 Å². The van der Waals surface area contributed by atoms with E-state index in [-0.39, 0.29) is 29.9 Å². The highest BCUT2D eigenvalue weighted by molar-refractivity contribution is 5.93. The van der Waals surface area contributed by atoms with E-state index in [9.17, 15) is 19.1 Å². The van der Waals surface area contributed by atoms with E-state index in [1.807, 2.05) is 54.6 Å². The number of carbonyl (C=O) groups is 1. The van der Waals surface area contributed by atoms with Crippen LogP contribution >= 0.6 is 0 Å². The average molecular weight is 496 g/mol. The Morgan fingerprint density at radius 1 is 0.811 bits per heavy atom. The van der Waals surface area contributed by atoms with Crippen LogP contribution in [0.2, 0.25) is 0 Å². The van der Waals surface area contributed by atoms with Crippen LogP contribution in [0.4, 0.5) is 4.39 Å². The Bertz CT molecular complexity index is 1610. The van der Waals surface area contributed by atoms with Crippen LogP contribution in [0.15, 0.2) is 108 Å². The van der Waals surface area contributed by atoms with Crippen molar-refractivity contribution in [1.29, 1.82) is 0 Å². The van der Waals surface area contributed by atoms with E-state index in [0.717, 1.165) is 16.9 Å². The lowest BCUT2D eigenvalue weighted by molar-refractivity contribution is 0.0695. The molecule has 0 atom stereocenters. The lowest BCUT2D eigenvalue weighted by Gasteiger charge is -2.14. The summed E-state index contributed by atoms with van der Waals surface area (Å²) in [7, 11) is 0. The van der Waals surface area contributed by atoms with E-state index < -0.39 is 11.4 Å². The van der Waals surface area contributed by atoms with Gasteiger partial charge in [0, 0.05) is 12.7 Å². The molecule has 0 aliphatic rings. The molecule has 1 aromatic heterocycles. The number of rotatable bonds is 8. The van der Waals surface area contributed by atoms with Gasteiger partial charge < -0.3 is 19.1 Å². The van der Waals surface area contributed by atoms with Crippen molar-refractivity contribution in [2.24, 2.45) is 0 Å². The summed E-state index contributed by atoms with van der Waals surface area (Å²) < 4.78 is 26.7. The molecule has 4 aromatic carbocycles. The Kier molecular flexibility index (Phi) is 6.68. The lowest BCUT2D eigenvalue weighted by Crippen LogP contribution is -2.19. The van der Waals surface area contributed by atoms with Crippen LogP contribution in [-0.4, -0.2) is 15.6 Å². The SMILES string of the molecule is O=C(O)c1cn(Cc2ccc(F)cc2)c2ccc(OCc3ccc(Oc4ccccc4)cc3)cc2c1=O. The van der Waals surface area contributed by atoms with Crippen molar-refractivity contribution >= 4 is 16.9 Å². The van der Waals surface area contributed by atoms with Crippen molar-refractivity contribution < 1.29 is 23.8 Å². The Balaban J connectivity index is 1.37. The zero-order chi connectivity index (χ0) is 25.8. The zero-order valence-corrected chi connectivity index (χ0v) is 19.6. The number of halogens is 1. The summed E-state index contributed by atoms with van der Waals surface area (Å²) in [6.07, 6.45) is 1.32. The maximum Gasteiger partial charge on any atom is 0.341 e. The summed E-state index contributed by atoms with van der Waals surface area (Å²) in [5.74, 6) is 0.200. The lowest BCUT2D eigenvalue weighted by atomic mass is 10.1. The maximum absolute atomic E-state index is 13.3. The number of carboxylic acids is 1. The fraction of sp³-hybridized carbons (Fsp3) is 0.0667. The van der Waals surface area contributed by atoms with Crippen molar-refractivity contribution in [3.05, 3.63) is 136 Å². The second-order valence-electron chi connectivity index (χ2n) is 8.46. The van der Waals surface area contributed by atoms with Crippen LogP contribution in [0.3, 0.4) is 0 Å². The molecule has 0 fully saturated rings. The summed E-state index contributed by atoms with van der Waals surface area (Å²) in [5.41, 5.74) is 1.27. The van der Waals surface area contributed by atoms with Crippen LogP contribution in [-0.2, 0) is 13.2 Å². The first kappa shape index (κ1) is 23.8. The number of hydrogen-bond acceptors (Lipinski definition) is 4. The summed E-state index contributed by atoms with van der Waals surface area (Å²) in [5, 5.41) is 9.81. The van der Waals surface area contributed by atoms with E-state index in [2.05, 4.69) is 0 Å². The summed E-state index contributed by atoms with van der Waals surface area (Å²) >= 11 is 0.